The van der Waals surface area contributed by atoms with E-state index in [0.29, 0.717) is 18.1 Å². The fraction of sp³-hybridized carbons (Fsp3) is 0.238. The lowest BCUT2D eigenvalue weighted by atomic mass is 10.1. The van der Waals surface area contributed by atoms with Crippen LogP contribution in [0.5, 0.6) is 11.5 Å². The van der Waals surface area contributed by atoms with E-state index in [1.165, 1.54) is 12.7 Å². The Balaban J connectivity index is 1.64. The van der Waals surface area contributed by atoms with Crippen LogP contribution >= 0.6 is 27.3 Å². The molecule has 5 nitrogen and oxygen atoms in total. The Morgan fingerprint density at radius 2 is 1.86 bits per heavy atom. The third-order valence-electron chi connectivity index (χ3n) is 4.03. The third-order valence-corrected chi connectivity index (χ3v) is 5.94. The van der Waals surface area contributed by atoms with Crippen molar-refractivity contribution in [2.75, 3.05) is 13.7 Å². The summed E-state index contributed by atoms with van der Waals surface area (Å²) in [6.07, 6.45) is 0. The average Bonchev–Trinajstić information content (AvgIpc) is 3.06. The first-order chi connectivity index (χ1) is 13.5. The highest BCUT2D eigenvalue weighted by Crippen LogP contribution is 2.34. The highest BCUT2D eigenvalue weighted by atomic mass is 79.9. The summed E-state index contributed by atoms with van der Waals surface area (Å²) in [6, 6.07) is 13.8. The van der Waals surface area contributed by atoms with Gasteiger partial charge in [0.25, 0.3) is 0 Å². The number of methoxy groups -OCH3 is 1. The van der Waals surface area contributed by atoms with Gasteiger partial charge in [-0.15, -0.1) is 11.3 Å². The number of carbonyl (C=O) groups excluding carboxylic acids is 1. The minimum atomic E-state index is -0.418. The number of aromatic nitrogens is 1. The lowest BCUT2D eigenvalue weighted by Gasteiger charge is -2.10. The van der Waals surface area contributed by atoms with Gasteiger partial charge >= 0.3 is 5.97 Å². The molecule has 0 spiro atoms. The summed E-state index contributed by atoms with van der Waals surface area (Å²) in [5.74, 6) is 0.918. The Kier molecular flexibility index (Phi) is 6.70. The second kappa shape index (κ2) is 9.21. The van der Waals surface area contributed by atoms with Crippen LogP contribution in [-0.4, -0.2) is 24.7 Å². The average molecular weight is 462 g/mol. The van der Waals surface area contributed by atoms with E-state index in [1.54, 1.807) is 17.4 Å². The van der Waals surface area contributed by atoms with E-state index >= 15 is 0 Å². The van der Waals surface area contributed by atoms with Gasteiger partial charge in [0.15, 0.2) is 6.61 Å². The number of rotatable bonds is 7. The van der Waals surface area contributed by atoms with Crippen LogP contribution in [0, 0.1) is 13.8 Å². The van der Waals surface area contributed by atoms with Gasteiger partial charge in [-0.3, -0.25) is 0 Å². The Morgan fingerprint density at radius 1 is 1.11 bits per heavy atom. The molecule has 0 atom stereocenters. The van der Waals surface area contributed by atoms with Crippen molar-refractivity contribution < 1.29 is 19.0 Å². The first kappa shape index (κ1) is 20.4. The zero-order valence-electron chi connectivity index (χ0n) is 15.8. The SMILES string of the molecule is COC(=O)COc1ccc(OCc2nc(Br)c(-c3ccc(C)cc3)s2)cc1C. The Bertz CT molecular complexity index is 969. The molecule has 0 aliphatic heterocycles. The number of benzene rings is 2. The zero-order chi connectivity index (χ0) is 20.1. The van der Waals surface area contributed by atoms with E-state index in [0.717, 1.165) is 25.6 Å². The summed E-state index contributed by atoms with van der Waals surface area (Å²) in [7, 11) is 1.33. The Labute approximate surface area is 176 Å². The predicted molar refractivity (Wildman–Crippen MR) is 113 cm³/mol. The summed E-state index contributed by atoms with van der Waals surface area (Å²) in [5.41, 5.74) is 3.23. The van der Waals surface area contributed by atoms with Crippen molar-refractivity contribution in [2.24, 2.45) is 0 Å². The van der Waals surface area contributed by atoms with Crippen LogP contribution in [-0.2, 0) is 16.1 Å². The van der Waals surface area contributed by atoms with Crippen molar-refractivity contribution in [3.8, 4) is 21.9 Å². The van der Waals surface area contributed by atoms with Gasteiger partial charge in [0.2, 0.25) is 0 Å². The molecule has 0 saturated carbocycles. The van der Waals surface area contributed by atoms with Gasteiger partial charge in [-0.2, -0.15) is 0 Å². The van der Waals surface area contributed by atoms with Crippen LogP contribution in [0.2, 0.25) is 0 Å². The molecule has 28 heavy (non-hydrogen) atoms. The molecule has 1 aromatic heterocycles. The van der Waals surface area contributed by atoms with E-state index in [4.69, 9.17) is 9.47 Å². The van der Waals surface area contributed by atoms with Gasteiger partial charge in [-0.25, -0.2) is 9.78 Å². The number of hydrogen-bond donors (Lipinski definition) is 0. The molecule has 0 bridgehead atoms. The number of carbonyl (C=O) groups is 1. The van der Waals surface area contributed by atoms with Gasteiger partial charge in [0.1, 0.15) is 27.7 Å². The van der Waals surface area contributed by atoms with Gasteiger partial charge in [0.05, 0.1) is 12.0 Å². The van der Waals surface area contributed by atoms with Crippen molar-refractivity contribution in [3.63, 3.8) is 0 Å². The predicted octanol–water partition coefficient (Wildman–Crippen LogP) is 5.32. The number of hydrogen-bond acceptors (Lipinski definition) is 6. The van der Waals surface area contributed by atoms with E-state index in [-0.39, 0.29) is 6.61 Å². The number of nitrogens with zero attached hydrogens (tertiary/aromatic N) is 1. The van der Waals surface area contributed by atoms with Crippen LogP contribution < -0.4 is 9.47 Å². The lowest BCUT2D eigenvalue weighted by Crippen LogP contribution is -2.13. The van der Waals surface area contributed by atoms with Crippen LogP contribution in [0.1, 0.15) is 16.1 Å². The first-order valence-electron chi connectivity index (χ1n) is 8.61. The summed E-state index contributed by atoms with van der Waals surface area (Å²) in [5, 5.41) is 0.881. The van der Waals surface area contributed by atoms with Crippen LogP contribution in [0.25, 0.3) is 10.4 Å². The van der Waals surface area contributed by atoms with Crippen LogP contribution in [0.3, 0.4) is 0 Å². The number of aryl methyl sites for hydroxylation is 2. The second-order valence-electron chi connectivity index (χ2n) is 6.17. The summed E-state index contributed by atoms with van der Waals surface area (Å²) in [6.45, 7) is 4.22. The smallest absolute Gasteiger partial charge is 0.343 e. The largest absolute Gasteiger partial charge is 0.486 e. The monoisotopic (exact) mass is 461 g/mol. The zero-order valence-corrected chi connectivity index (χ0v) is 18.2. The molecule has 0 aliphatic carbocycles. The summed E-state index contributed by atoms with van der Waals surface area (Å²) >= 11 is 5.14. The maximum Gasteiger partial charge on any atom is 0.343 e. The highest BCUT2D eigenvalue weighted by Gasteiger charge is 2.12. The molecule has 0 saturated heterocycles. The highest BCUT2D eigenvalue weighted by molar-refractivity contribution is 9.10. The molecule has 0 radical (unpaired) electrons. The number of ether oxygens (including phenoxy) is 3. The van der Waals surface area contributed by atoms with Crippen LogP contribution in [0.4, 0.5) is 0 Å². The Morgan fingerprint density at radius 3 is 2.54 bits per heavy atom. The molecular formula is C21H20BrNO4S. The molecule has 0 aliphatic rings. The quantitative estimate of drug-likeness (QED) is 0.445. The third kappa shape index (κ3) is 5.11. The molecule has 146 valence electrons. The fourth-order valence-electron chi connectivity index (χ4n) is 2.50. The fourth-order valence-corrected chi connectivity index (χ4v) is 4.18. The van der Waals surface area contributed by atoms with Gasteiger partial charge in [0, 0.05) is 0 Å². The van der Waals surface area contributed by atoms with Gasteiger partial charge in [-0.05, 0) is 59.1 Å². The Hall–Kier alpha value is -2.38. The maximum absolute atomic E-state index is 11.2. The lowest BCUT2D eigenvalue weighted by molar-refractivity contribution is -0.142. The normalized spacial score (nSPS) is 10.6. The van der Waals surface area contributed by atoms with E-state index in [9.17, 15) is 4.79 Å². The molecule has 0 amide bonds. The van der Waals surface area contributed by atoms with Crippen molar-refractivity contribution >= 4 is 33.2 Å². The molecule has 7 heteroatoms. The number of esters is 1. The molecule has 3 rings (SSSR count). The maximum atomic E-state index is 11.2. The molecule has 0 unspecified atom stereocenters. The summed E-state index contributed by atoms with van der Waals surface area (Å²) < 4.78 is 16.7. The standard InChI is InChI=1S/C21H20BrNO4S/c1-13-4-6-15(7-5-13)20-21(22)23-18(28-20)11-26-16-8-9-17(14(2)10-16)27-12-19(24)25-3/h4-10H,11-12H2,1-3H3. The number of halogens is 1. The topological polar surface area (TPSA) is 57.7 Å². The number of thiazole rings is 1. The van der Waals surface area contributed by atoms with E-state index < -0.39 is 5.97 Å². The second-order valence-corrected chi connectivity index (χ2v) is 8.01. The minimum Gasteiger partial charge on any atom is -0.486 e. The molecule has 0 fully saturated rings. The van der Waals surface area contributed by atoms with Gasteiger partial charge < -0.3 is 14.2 Å². The molecule has 3 aromatic rings. The van der Waals surface area contributed by atoms with Crippen molar-refractivity contribution in [1.29, 1.82) is 0 Å². The van der Waals surface area contributed by atoms with Crippen molar-refractivity contribution in [3.05, 3.63) is 63.2 Å². The molecular weight excluding hydrogens is 442 g/mol. The van der Waals surface area contributed by atoms with E-state index in [1.807, 2.05) is 19.1 Å². The van der Waals surface area contributed by atoms with Crippen molar-refractivity contribution in [2.45, 2.75) is 20.5 Å². The molecule has 2 aromatic carbocycles. The summed E-state index contributed by atoms with van der Waals surface area (Å²) in [4.78, 5) is 16.8. The minimum absolute atomic E-state index is 0.119. The first-order valence-corrected chi connectivity index (χ1v) is 10.2. The van der Waals surface area contributed by atoms with Crippen LogP contribution in [0.15, 0.2) is 47.1 Å². The molecule has 0 N–H and O–H groups in total. The van der Waals surface area contributed by atoms with Gasteiger partial charge in [-0.1, -0.05) is 29.8 Å². The van der Waals surface area contributed by atoms with Crippen molar-refractivity contribution in [1.82, 2.24) is 4.98 Å². The van der Waals surface area contributed by atoms with E-state index in [2.05, 4.69) is 56.8 Å². The molecule has 1 heterocycles.